The number of nitrogens with zero attached hydrogens (tertiary/aromatic N) is 4. The predicted molar refractivity (Wildman–Crippen MR) is 100 cm³/mol. The van der Waals surface area contributed by atoms with Gasteiger partial charge in [-0.15, -0.1) is 10.2 Å². The van der Waals surface area contributed by atoms with Crippen molar-refractivity contribution in [3.05, 3.63) is 58.9 Å². The fourth-order valence-corrected chi connectivity index (χ4v) is 3.34. The third kappa shape index (κ3) is 3.68. The molecule has 138 valence electrons. The lowest BCUT2D eigenvalue weighted by atomic mass is 10.1. The minimum absolute atomic E-state index is 0.185. The lowest BCUT2D eigenvalue weighted by Gasteiger charge is -2.10. The van der Waals surface area contributed by atoms with Crippen LogP contribution in [0.2, 0.25) is 5.02 Å². The van der Waals surface area contributed by atoms with Crippen molar-refractivity contribution in [2.24, 2.45) is 0 Å². The van der Waals surface area contributed by atoms with Crippen molar-refractivity contribution >= 4 is 23.2 Å². The summed E-state index contributed by atoms with van der Waals surface area (Å²) in [5.41, 5.74) is 0.946. The van der Waals surface area contributed by atoms with Crippen LogP contribution in [0.5, 0.6) is 0 Å². The maximum atomic E-state index is 14.5. The smallest absolute Gasteiger partial charge is 0.274 e. The highest BCUT2D eigenvalue weighted by Gasteiger charge is 2.19. The van der Waals surface area contributed by atoms with Crippen LogP contribution in [-0.2, 0) is 13.0 Å². The number of fused-ring (bicyclic) bond motifs is 1. The van der Waals surface area contributed by atoms with E-state index < -0.39 is 11.7 Å². The van der Waals surface area contributed by atoms with Gasteiger partial charge in [0.15, 0.2) is 5.82 Å². The van der Waals surface area contributed by atoms with Crippen LogP contribution in [0.1, 0.15) is 35.6 Å². The Labute approximate surface area is 160 Å². The second-order valence-electron chi connectivity index (χ2n) is 6.41. The number of hydrogen-bond acceptors (Lipinski definition) is 4. The van der Waals surface area contributed by atoms with E-state index in [1.165, 1.54) is 24.4 Å². The molecule has 0 fully saturated rings. The number of carbonyl (C=O) groups excluding carboxylic acids is 1. The molecule has 2 aromatic heterocycles. The van der Waals surface area contributed by atoms with Crippen molar-refractivity contribution in [2.75, 3.05) is 5.32 Å². The van der Waals surface area contributed by atoms with Gasteiger partial charge in [-0.1, -0.05) is 18.0 Å². The van der Waals surface area contributed by atoms with Crippen LogP contribution >= 0.6 is 11.6 Å². The van der Waals surface area contributed by atoms with Gasteiger partial charge in [-0.3, -0.25) is 9.78 Å². The van der Waals surface area contributed by atoms with Gasteiger partial charge < -0.3 is 9.88 Å². The first-order valence-corrected chi connectivity index (χ1v) is 9.14. The second-order valence-corrected chi connectivity index (χ2v) is 6.85. The standard InChI is InChI=1S/C19H17ClFN5O/c20-12-7-8-22-16(10-12)19(27)23-13-5-6-15(21)14(11-13)18-25-24-17-4-2-1-3-9-26(17)18/h5-8,10-11H,1-4,9H2,(H,23,27). The Kier molecular flexibility index (Phi) is 4.85. The third-order valence-corrected chi connectivity index (χ3v) is 4.76. The van der Waals surface area contributed by atoms with Gasteiger partial charge in [0, 0.05) is 29.9 Å². The molecule has 6 nitrogen and oxygen atoms in total. The Balaban J connectivity index is 1.64. The summed E-state index contributed by atoms with van der Waals surface area (Å²) in [5.74, 6) is 0.532. The number of benzene rings is 1. The maximum absolute atomic E-state index is 14.5. The largest absolute Gasteiger partial charge is 0.321 e. The molecule has 4 rings (SSSR count). The number of amides is 1. The lowest BCUT2D eigenvalue weighted by molar-refractivity contribution is 0.102. The summed E-state index contributed by atoms with van der Waals surface area (Å²) >= 11 is 5.90. The molecule has 0 spiro atoms. The zero-order valence-electron chi connectivity index (χ0n) is 14.5. The maximum Gasteiger partial charge on any atom is 0.274 e. The number of pyridine rings is 1. The molecular weight excluding hydrogens is 369 g/mol. The average Bonchev–Trinajstić information content (AvgIpc) is 2.91. The number of carbonyl (C=O) groups is 1. The summed E-state index contributed by atoms with van der Waals surface area (Å²) in [6.07, 6.45) is 5.48. The molecular formula is C19H17ClFN5O. The van der Waals surface area contributed by atoms with E-state index in [9.17, 15) is 9.18 Å². The van der Waals surface area contributed by atoms with Crippen molar-refractivity contribution in [1.82, 2.24) is 19.7 Å². The summed E-state index contributed by atoms with van der Waals surface area (Å²) in [5, 5.41) is 11.5. The molecule has 0 saturated carbocycles. The molecule has 1 aromatic carbocycles. The van der Waals surface area contributed by atoms with Crippen LogP contribution in [0.4, 0.5) is 10.1 Å². The number of nitrogens with one attached hydrogen (secondary N) is 1. The molecule has 3 heterocycles. The van der Waals surface area contributed by atoms with E-state index >= 15 is 0 Å². The average molecular weight is 386 g/mol. The van der Waals surface area contributed by atoms with Gasteiger partial charge in [0.2, 0.25) is 0 Å². The molecule has 0 radical (unpaired) electrons. The molecule has 0 atom stereocenters. The van der Waals surface area contributed by atoms with E-state index in [4.69, 9.17) is 11.6 Å². The van der Waals surface area contributed by atoms with Crippen molar-refractivity contribution < 1.29 is 9.18 Å². The van der Waals surface area contributed by atoms with E-state index in [1.807, 2.05) is 4.57 Å². The Morgan fingerprint density at radius 3 is 2.89 bits per heavy atom. The highest BCUT2D eigenvalue weighted by molar-refractivity contribution is 6.30. The van der Waals surface area contributed by atoms with Crippen LogP contribution in [0.15, 0.2) is 36.5 Å². The van der Waals surface area contributed by atoms with E-state index in [-0.39, 0.29) is 5.69 Å². The Morgan fingerprint density at radius 2 is 2.04 bits per heavy atom. The zero-order chi connectivity index (χ0) is 18.8. The second kappa shape index (κ2) is 7.44. The van der Waals surface area contributed by atoms with E-state index in [2.05, 4.69) is 20.5 Å². The topological polar surface area (TPSA) is 72.7 Å². The van der Waals surface area contributed by atoms with E-state index in [0.717, 1.165) is 38.1 Å². The number of anilines is 1. The minimum atomic E-state index is -0.421. The number of aryl methyl sites for hydroxylation is 1. The first-order valence-electron chi connectivity index (χ1n) is 8.77. The van der Waals surface area contributed by atoms with Crippen molar-refractivity contribution in [3.63, 3.8) is 0 Å². The third-order valence-electron chi connectivity index (χ3n) is 4.53. The molecule has 0 bridgehead atoms. The van der Waals surface area contributed by atoms with Crippen LogP contribution in [0.3, 0.4) is 0 Å². The fraction of sp³-hybridized carbons (Fsp3) is 0.263. The van der Waals surface area contributed by atoms with E-state index in [1.54, 1.807) is 12.1 Å². The summed E-state index contributed by atoms with van der Waals surface area (Å²) in [7, 11) is 0. The van der Waals surface area contributed by atoms with Crippen LogP contribution in [0, 0.1) is 5.82 Å². The highest BCUT2D eigenvalue weighted by atomic mass is 35.5. The molecule has 0 saturated heterocycles. The Morgan fingerprint density at radius 1 is 1.15 bits per heavy atom. The van der Waals surface area contributed by atoms with Crippen molar-refractivity contribution in [3.8, 4) is 11.4 Å². The SMILES string of the molecule is O=C(Nc1ccc(F)c(-c2nnc3n2CCCCC3)c1)c1cc(Cl)ccn1. The normalized spacial score (nSPS) is 13.7. The predicted octanol–water partition coefficient (Wildman–Crippen LogP) is 4.11. The first-order chi connectivity index (χ1) is 13.1. The summed E-state index contributed by atoms with van der Waals surface area (Å²) < 4.78 is 16.5. The molecule has 3 aromatic rings. The number of halogens is 2. The van der Waals surface area contributed by atoms with Gasteiger partial charge in [0.25, 0.3) is 5.91 Å². The van der Waals surface area contributed by atoms with Gasteiger partial charge in [0.05, 0.1) is 5.56 Å². The highest BCUT2D eigenvalue weighted by Crippen LogP contribution is 2.27. The molecule has 1 N–H and O–H groups in total. The van der Waals surface area contributed by atoms with Crippen LogP contribution < -0.4 is 5.32 Å². The monoisotopic (exact) mass is 385 g/mol. The molecule has 1 aliphatic rings. The minimum Gasteiger partial charge on any atom is -0.321 e. The quantitative estimate of drug-likeness (QED) is 0.736. The van der Waals surface area contributed by atoms with Crippen molar-refractivity contribution in [2.45, 2.75) is 32.2 Å². The van der Waals surface area contributed by atoms with Gasteiger partial charge in [0.1, 0.15) is 17.3 Å². The summed E-state index contributed by atoms with van der Waals surface area (Å²) in [4.78, 5) is 16.4. The van der Waals surface area contributed by atoms with Gasteiger partial charge in [-0.25, -0.2) is 4.39 Å². The van der Waals surface area contributed by atoms with E-state index in [0.29, 0.717) is 22.1 Å². The lowest BCUT2D eigenvalue weighted by Crippen LogP contribution is -2.13. The fourth-order valence-electron chi connectivity index (χ4n) is 3.18. The molecule has 27 heavy (non-hydrogen) atoms. The van der Waals surface area contributed by atoms with Crippen LogP contribution in [0.25, 0.3) is 11.4 Å². The number of aromatic nitrogens is 4. The molecule has 1 aliphatic heterocycles. The first kappa shape index (κ1) is 17.6. The number of hydrogen-bond donors (Lipinski definition) is 1. The zero-order valence-corrected chi connectivity index (χ0v) is 15.2. The van der Waals surface area contributed by atoms with Gasteiger partial charge in [-0.05, 0) is 43.2 Å². The molecule has 0 aliphatic carbocycles. The number of rotatable bonds is 3. The Hall–Kier alpha value is -2.80. The molecule has 8 heteroatoms. The molecule has 0 unspecified atom stereocenters. The van der Waals surface area contributed by atoms with Gasteiger partial charge in [-0.2, -0.15) is 0 Å². The van der Waals surface area contributed by atoms with Gasteiger partial charge >= 0.3 is 0 Å². The summed E-state index contributed by atoms with van der Waals surface area (Å²) in [6.45, 7) is 0.764. The Bertz CT molecular complexity index is 1000. The molecule has 1 amide bonds. The van der Waals surface area contributed by atoms with Crippen molar-refractivity contribution in [1.29, 1.82) is 0 Å². The van der Waals surface area contributed by atoms with Crippen LogP contribution in [-0.4, -0.2) is 25.7 Å². The summed E-state index contributed by atoms with van der Waals surface area (Å²) in [6, 6.07) is 7.45.